The van der Waals surface area contributed by atoms with Crippen molar-refractivity contribution in [2.45, 2.75) is 13.0 Å². The van der Waals surface area contributed by atoms with Gasteiger partial charge in [-0.3, -0.25) is 4.57 Å². The number of hydrogen-bond acceptors (Lipinski definition) is 7. The van der Waals surface area contributed by atoms with Gasteiger partial charge in [-0.05, 0) is 30.2 Å². The summed E-state index contributed by atoms with van der Waals surface area (Å²) in [5, 5.41) is 0. The first-order chi connectivity index (χ1) is 14.2. The van der Waals surface area contributed by atoms with Gasteiger partial charge in [0.05, 0.1) is 19.9 Å². The highest BCUT2D eigenvalue weighted by Gasteiger charge is 2.22. The van der Waals surface area contributed by atoms with Crippen LogP contribution in [0.3, 0.4) is 0 Å². The zero-order valence-electron chi connectivity index (χ0n) is 16.3. The van der Waals surface area contributed by atoms with Gasteiger partial charge in [-0.1, -0.05) is 6.07 Å². The molecule has 0 spiro atoms. The molecule has 0 unspecified atom stereocenters. The van der Waals surface area contributed by atoms with Crippen molar-refractivity contribution in [3.63, 3.8) is 0 Å². The standard InChI is InChI=1S/C21H21N3O5/c1-26-17-11-14-6-8-24-16(15(14)12-18(17)27-2)13-20(23-21(24)25)29-10-9-28-19-5-3-4-7-22-19/h3-5,7,11-13H,6,8-10H2,1-2H3. The van der Waals surface area contributed by atoms with Crippen molar-refractivity contribution in [1.29, 1.82) is 0 Å². The lowest BCUT2D eigenvalue weighted by atomic mass is 9.97. The predicted molar refractivity (Wildman–Crippen MR) is 106 cm³/mol. The molecule has 4 rings (SSSR count). The van der Waals surface area contributed by atoms with Crippen molar-refractivity contribution in [3.05, 3.63) is 58.6 Å². The van der Waals surface area contributed by atoms with Crippen LogP contribution in [0.25, 0.3) is 11.3 Å². The highest BCUT2D eigenvalue weighted by Crippen LogP contribution is 2.38. The molecule has 8 heteroatoms. The van der Waals surface area contributed by atoms with Crippen LogP contribution in [0.1, 0.15) is 5.56 Å². The maximum atomic E-state index is 12.5. The van der Waals surface area contributed by atoms with Crippen LogP contribution in [0.5, 0.6) is 23.3 Å². The topological polar surface area (TPSA) is 84.7 Å². The van der Waals surface area contributed by atoms with Crippen molar-refractivity contribution in [2.75, 3.05) is 27.4 Å². The van der Waals surface area contributed by atoms with E-state index < -0.39 is 0 Å². The van der Waals surface area contributed by atoms with Crippen molar-refractivity contribution < 1.29 is 18.9 Å². The van der Waals surface area contributed by atoms with E-state index in [1.54, 1.807) is 37.1 Å². The van der Waals surface area contributed by atoms with E-state index in [1.165, 1.54) is 0 Å². The monoisotopic (exact) mass is 395 g/mol. The van der Waals surface area contributed by atoms with Crippen LogP contribution >= 0.6 is 0 Å². The Morgan fingerprint density at radius 2 is 1.76 bits per heavy atom. The summed E-state index contributed by atoms with van der Waals surface area (Å²) in [7, 11) is 3.19. The smallest absolute Gasteiger partial charge is 0.351 e. The number of rotatable bonds is 7. The number of pyridine rings is 1. The Morgan fingerprint density at radius 1 is 1.00 bits per heavy atom. The van der Waals surface area contributed by atoms with E-state index >= 15 is 0 Å². The zero-order chi connectivity index (χ0) is 20.2. The molecule has 0 atom stereocenters. The minimum atomic E-state index is -0.344. The maximum Gasteiger partial charge on any atom is 0.351 e. The average Bonchev–Trinajstić information content (AvgIpc) is 2.76. The van der Waals surface area contributed by atoms with Crippen LogP contribution in [-0.4, -0.2) is 42.0 Å². The number of aromatic nitrogens is 3. The van der Waals surface area contributed by atoms with Crippen molar-refractivity contribution in [2.24, 2.45) is 0 Å². The van der Waals surface area contributed by atoms with Gasteiger partial charge in [0, 0.05) is 30.4 Å². The number of aryl methyl sites for hydroxylation is 1. The summed E-state index contributed by atoms with van der Waals surface area (Å²) < 4.78 is 23.6. The fourth-order valence-electron chi connectivity index (χ4n) is 3.32. The van der Waals surface area contributed by atoms with E-state index in [1.807, 2.05) is 24.3 Å². The molecule has 8 nitrogen and oxygen atoms in total. The Morgan fingerprint density at radius 3 is 2.48 bits per heavy atom. The van der Waals surface area contributed by atoms with Crippen LogP contribution in [-0.2, 0) is 13.0 Å². The molecule has 0 fully saturated rings. The molecular formula is C21H21N3O5. The summed E-state index contributed by atoms with van der Waals surface area (Å²) >= 11 is 0. The Kier molecular flexibility index (Phi) is 5.33. The quantitative estimate of drug-likeness (QED) is 0.568. The fraction of sp³-hybridized carbons (Fsp3) is 0.286. The molecular weight excluding hydrogens is 374 g/mol. The van der Waals surface area contributed by atoms with Crippen LogP contribution in [0.2, 0.25) is 0 Å². The van der Waals surface area contributed by atoms with Gasteiger partial charge in [0.2, 0.25) is 11.8 Å². The molecule has 2 aromatic heterocycles. The van der Waals surface area contributed by atoms with E-state index in [0.29, 0.717) is 37.0 Å². The van der Waals surface area contributed by atoms with Gasteiger partial charge in [0.1, 0.15) is 13.2 Å². The average molecular weight is 395 g/mol. The zero-order valence-corrected chi connectivity index (χ0v) is 16.3. The largest absolute Gasteiger partial charge is 0.493 e. The summed E-state index contributed by atoms with van der Waals surface area (Å²) in [5.74, 6) is 2.05. The van der Waals surface area contributed by atoms with Crippen LogP contribution in [0.4, 0.5) is 0 Å². The number of hydrogen-bond donors (Lipinski definition) is 0. The third kappa shape index (κ3) is 3.87. The minimum absolute atomic E-state index is 0.241. The first kappa shape index (κ1) is 18.8. The third-order valence-corrected chi connectivity index (χ3v) is 4.70. The summed E-state index contributed by atoms with van der Waals surface area (Å²) in [5.41, 5.74) is 2.39. The Hall–Kier alpha value is -3.55. The van der Waals surface area contributed by atoms with Gasteiger partial charge in [-0.2, -0.15) is 4.98 Å². The second-order valence-electron chi connectivity index (χ2n) is 6.39. The van der Waals surface area contributed by atoms with Gasteiger partial charge in [-0.15, -0.1) is 0 Å². The number of methoxy groups -OCH3 is 2. The SMILES string of the molecule is COc1cc2c(cc1OC)-c1cc(OCCOc3ccccn3)nc(=O)n1CC2. The number of ether oxygens (including phenoxy) is 4. The summed E-state index contributed by atoms with van der Waals surface area (Å²) in [4.78, 5) is 20.6. The number of nitrogens with zero attached hydrogens (tertiary/aromatic N) is 3. The van der Waals surface area contributed by atoms with E-state index in [0.717, 1.165) is 16.8 Å². The molecule has 29 heavy (non-hydrogen) atoms. The molecule has 0 aliphatic carbocycles. The number of fused-ring (bicyclic) bond motifs is 3. The van der Waals surface area contributed by atoms with Crippen LogP contribution < -0.4 is 24.6 Å². The highest BCUT2D eigenvalue weighted by molar-refractivity contribution is 5.70. The molecule has 0 bridgehead atoms. The molecule has 0 saturated carbocycles. The van der Waals surface area contributed by atoms with Crippen molar-refractivity contribution >= 4 is 0 Å². The molecule has 3 aromatic rings. The van der Waals surface area contributed by atoms with E-state index in [2.05, 4.69) is 9.97 Å². The molecule has 1 aliphatic rings. The molecule has 1 aromatic carbocycles. The Balaban J connectivity index is 1.56. The van der Waals surface area contributed by atoms with Crippen molar-refractivity contribution in [1.82, 2.24) is 14.5 Å². The lowest BCUT2D eigenvalue weighted by Gasteiger charge is -2.23. The first-order valence-corrected chi connectivity index (χ1v) is 9.23. The highest BCUT2D eigenvalue weighted by atomic mass is 16.5. The Bertz CT molecular complexity index is 1070. The minimum Gasteiger partial charge on any atom is -0.493 e. The third-order valence-electron chi connectivity index (χ3n) is 4.70. The molecule has 150 valence electrons. The Labute approximate surface area is 167 Å². The summed E-state index contributed by atoms with van der Waals surface area (Å²) in [6, 6.07) is 11.0. The van der Waals surface area contributed by atoms with Gasteiger partial charge in [0.25, 0.3) is 0 Å². The summed E-state index contributed by atoms with van der Waals surface area (Å²) in [6.07, 6.45) is 2.37. The molecule has 1 aliphatic heterocycles. The van der Waals surface area contributed by atoms with Crippen molar-refractivity contribution in [3.8, 4) is 34.5 Å². The first-order valence-electron chi connectivity index (χ1n) is 9.23. The van der Waals surface area contributed by atoms with Crippen LogP contribution in [0.15, 0.2) is 47.4 Å². The molecule has 0 saturated heterocycles. The van der Waals surface area contributed by atoms with E-state index in [9.17, 15) is 4.79 Å². The summed E-state index contributed by atoms with van der Waals surface area (Å²) in [6.45, 7) is 1.08. The lowest BCUT2D eigenvalue weighted by molar-refractivity contribution is 0.206. The maximum absolute atomic E-state index is 12.5. The molecule has 0 radical (unpaired) electrons. The lowest BCUT2D eigenvalue weighted by Crippen LogP contribution is -2.28. The fourth-order valence-corrected chi connectivity index (χ4v) is 3.32. The normalized spacial score (nSPS) is 11.9. The van der Waals surface area contributed by atoms with E-state index in [-0.39, 0.29) is 18.2 Å². The second-order valence-corrected chi connectivity index (χ2v) is 6.39. The number of benzene rings is 1. The van der Waals surface area contributed by atoms with Gasteiger partial charge < -0.3 is 18.9 Å². The van der Waals surface area contributed by atoms with Gasteiger partial charge >= 0.3 is 5.69 Å². The van der Waals surface area contributed by atoms with Gasteiger partial charge in [0.15, 0.2) is 11.5 Å². The molecule has 0 N–H and O–H groups in total. The van der Waals surface area contributed by atoms with E-state index in [4.69, 9.17) is 18.9 Å². The second kappa shape index (κ2) is 8.22. The van der Waals surface area contributed by atoms with Gasteiger partial charge in [-0.25, -0.2) is 9.78 Å². The molecule has 0 amide bonds. The van der Waals surface area contributed by atoms with Crippen LogP contribution in [0, 0.1) is 0 Å². The molecule has 3 heterocycles. The predicted octanol–water partition coefficient (Wildman–Crippen LogP) is 2.34.